The summed E-state index contributed by atoms with van der Waals surface area (Å²) in [7, 11) is 0. The van der Waals surface area contributed by atoms with E-state index in [0.717, 1.165) is 11.1 Å². The molecule has 4 nitrogen and oxygen atoms in total. The van der Waals surface area contributed by atoms with Crippen molar-refractivity contribution in [3.05, 3.63) is 69.7 Å². The first-order valence-electron chi connectivity index (χ1n) is 6.35. The number of benzene rings is 2. The van der Waals surface area contributed by atoms with E-state index in [1.165, 1.54) is 0 Å². The van der Waals surface area contributed by atoms with Gasteiger partial charge >= 0.3 is 5.97 Å². The lowest BCUT2D eigenvalue weighted by molar-refractivity contribution is 0.0516. The van der Waals surface area contributed by atoms with Crippen molar-refractivity contribution in [1.82, 2.24) is 0 Å². The molecule has 2 rings (SSSR count). The third kappa shape index (κ3) is 4.07. The molecule has 0 saturated carbocycles. The summed E-state index contributed by atoms with van der Waals surface area (Å²) in [5, 5.41) is 4.26. The molecule has 0 radical (unpaired) electrons. The van der Waals surface area contributed by atoms with Crippen LogP contribution >= 0.6 is 11.6 Å². The zero-order chi connectivity index (χ0) is 15.4. The molecule has 0 aliphatic rings. The van der Waals surface area contributed by atoms with Gasteiger partial charge in [0.05, 0.1) is 5.56 Å². The van der Waals surface area contributed by atoms with Gasteiger partial charge in [-0.15, -0.1) is 0 Å². The second kappa shape index (κ2) is 6.41. The Kier molecular flexibility index (Phi) is 4.60. The first kappa shape index (κ1) is 15.1. The van der Waals surface area contributed by atoms with Crippen LogP contribution in [0, 0.1) is 13.8 Å². The summed E-state index contributed by atoms with van der Waals surface area (Å²) < 4.78 is 0. The van der Waals surface area contributed by atoms with Crippen LogP contribution in [0.1, 0.15) is 27.0 Å². The Morgan fingerprint density at radius 1 is 1.05 bits per heavy atom. The Labute approximate surface area is 128 Å². The number of halogens is 1. The number of oxime groups is 1. The lowest BCUT2D eigenvalue weighted by Gasteiger charge is -2.03. The third-order valence-electron chi connectivity index (χ3n) is 2.82. The molecule has 0 saturated heterocycles. The molecular formula is C16H15ClN2O2. The Morgan fingerprint density at radius 3 is 2.19 bits per heavy atom. The van der Waals surface area contributed by atoms with E-state index in [2.05, 4.69) is 5.16 Å². The van der Waals surface area contributed by atoms with Crippen LogP contribution in [0.15, 0.2) is 47.6 Å². The zero-order valence-electron chi connectivity index (χ0n) is 11.8. The SMILES string of the molecule is Cc1cc(C)cc(C(=O)O/N=C(/N)c2ccc(Cl)cc2)c1. The number of amidine groups is 1. The highest BCUT2D eigenvalue weighted by molar-refractivity contribution is 6.30. The minimum Gasteiger partial charge on any atom is -0.380 e. The fraction of sp³-hybridized carbons (Fsp3) is 0.125. The van der Waals surface area contributed by atoms with E-state index in [1.807, 2.05) is 19.9 Å². The van der Waals surface area contributed by atoms with Gasteiger partial charge in [-0.2, -0.15) is 0 Å². The van der Waals surface area contributed by atoms with Crippen LogP contribution in [0.2, 0.25) is 5.02 Å². The fourth-order valence-electron chi connectivity index (χ4n) is 1.91. The quantitative estimate of drug-likeness (QED) is 0.409. The summed E-state index contributed by atoms with van der Waals surface area (Å²) >= 11 is 5.79. The van der Waals surface area contributed by atoms with E-state index in [-0.39, 0.29) is 5.84 Å². The minimum absolute atomic E-state index is 0.115. The average molecular weight is 303 g/mol. The second-order valence-electron chi connectivity index (χ2n) is 4.74. The molecule has 2 aromatic rings. The monoisotopic (exact) mass is 302 g/mol. The first-order chi connectivity index (χ1) is 9.95. The first-order valence-corrected chi connectivity index (χ1v) is 6.72. The van der Waals surface area contributed by atoms with Gasteiger partial charge in [-0.05, 0) is 50.2 Å². The highest BCUT2D eigenvalue weighted by Gasteiger charge is 2.09. The molecule has 0 aromatic heterocycles. The fourth-order valence-corrected chi connectivity index (χ4v) is 2.04. The summed E-state index contributed by atoms with van der Waals surface area (Å²) in [5.74, 6) is -0.428. The van der Waals surface area contributed by atoms with Crippen LogP contribution in [-0.2, 0) is 4.84 Å². The minimum atomic E-state index is -0.543. The maximum atomic E-state index is 11.9. The molecule has 21 heavy (non-hydrogen) atoms. The van der Waals surface area contributed by atoms with Gasteiger partial charge in [0.25, 0.3) is 0 Å². The smallest absolute Gasteiger partial charge is 0.365 e. The van der Waals surface area contributed by atoms with Crippen LogP contribution in [0.25, 0.3) is 0 Å². The Morgan fingerprint density at radius 2 is 1.62 bits per heavy atom. The van der Waals surface area contributed by atoms with Crippen LogP contribution in [0.3, 0.4) is 0 Å². The molecule has 0 aliphatic carbocycles. The number of carbonyl (C=O) groups is 1. The molecule has 0 spiro atoms. The van der Waals surface area contributed by atoms with E-state index in [0.29, 0.717) is 16.1 Å². The van der Waals surface area contributed by atoms with Crippen molar-refractivity contribution < 1.29 is 9.63 Å². The number of hydrogen-bond acceptors (Lipinski definition) is 3. The van der Waals surface area contributed by atoms with Crippen molar-refractivity contribution in [2.45, 2.75) is 13.8 Å². The Balaban J connectivity index is 2.12. The number of carbonyl (C=O) groups excluding carboxylic acids is 1. The zero-order valence-corrected chi connectivity index (χ0v) is 12.5. The van der Waals surface area contributed by atoms with Gasteiger partial charge in [0.15, 0.2) is 5.84 Å². The second-order valence-corrected chi connectivity index (χ2v) is 5.17. The molecule has 0 fully saturated rings. The van der Waals surface area contributed by atoms with Gasteiger partial charge in [-0.3, -0.25) is 0 Å². The number of hydrogen-bond donors (Lipinski definition) is 1. The molecule has 0 amide bonds. The molecule has 5 heteroatoms. The lowest BCUT2D eigenvalue weighted by Crippen LogP contribution is -2.15. The Hall–Kier alpha value is -2.33. The lowest BCUT2D eigenvalue weighted by atomic mass is 10.1. The van der Waals surface area contributed by atoms with Crippen molar-refractivity contribution >= 4 is 23.4 Å². The molecule has 0 atom stereocenters. The van der Waals surface area contributed by atoms with Crippen LogP contribution < -0.4 is 5.73 Å². The molecular weight excluding hydrogens is 288 g/mol. The van der Waals surface area contributed by atoms with Crippen molar-refractivity contribution in [2.24, 2.45) is 10.9 Å². The van der Waals surface area contributed by atoms with Crippen molar-refractivity contribution in [3.8, 4) is 0 Å². The molecule has 2 N–H and O–H groups in total. The summed E-state index contributed by atoms with van der Waals surface area (Å²) in [4.78, 5) is 16.8. The van der Waals surface area contributed by atoms with E-state index < -0.39 is 5.97 Å². The van der Waals surface area contributed by atoms with Crippen molar-refractivity contribution in [1.29, 1.82) is 0 Å². The summed E-state index contributed by atoms with van der Waals surface area (Å²) in [6, 6.07) is 12.2. The number of nitrogens with two attached hydrogens (primary N) is 1. The van der Waals surface area contributed by atoms with E-state index in [4.69, 9.17) is 22.2 Å². The summed E-state index contributed by atoms with van der Waals surface area (Å²) in [6.45, 7) is 3.82. The molecule has 0 aliphatic heterocycles. The van der Waals surface area contributed by atoms with Gasteiger partial charge in [0.1, 0.15) is 0 Å². The Bertz CT molecular complexity index is 674. The van der Waals surface area contributed by atoms with Crippen LogP contribution in [-0.4, -0.2) is 11.8 Å². The maximum Gasteiger partial charge on any atom is 0.365 e. The van der Waals surface area contributed by atoms with Gasteiger partial charge in [-0.1, -0.05) is 33.9 Å². The number of rotatable bonds is 3. The van der Waals surface area contributed by atoms with Crippen molar-refractivity contribution in [2.75, 3.05) is 0 Å². The average Bonchev–Trinajstić information content (AvgIpc) is 2.44. The molecule has 0 heterocycles. The van der Waals surface area contributed by atoms with Crippen LogP contribution in [0.4, 0.5) is 0 Å². The van der Waals surface area contributed by atoms with Gasteiger partial charge in [-0.25, -0.2) is 4.79 Å². The molecule has 0 unspecified atom stereocenters. The van der Waals surface area contributed by atoms with Gasteiger partial charge in [0, 0.05) is 10.6 Å². The maximum absolute atomic E-state index is 11.9. The third-order valence-corrected chi connectivity index (χ3v) is 3.08. The predicted octanol–water partition coefficient (Wildman–Crippen LogP) is 3.43. The highest BCUT2D eigenvalue weighted by Crippen LogP contribution is 2.11. The van der Waals surface area contributed by atoms with Crippen molar-refractivity contribution in [3.63, 3.8) is 0 Å². The van der Waals surface area contributed by atoms with E-state index in [9.17, 15) is 4.79 Å². The number of aryl methyl sites for hydroxylation is 2. The standard InChI is InChI=1S/C16H15ClN2O2/c1-10-7-11(2)9-13(8-10)16(20)21-19-15(18)12-3-5-14(17)6-4-12/h3-9H,1-2H3,(H2,18,19). The topological polar surface area (TPSA) is 64.7 Å². The molecule has 2 aromatic carbocycles. The highest BCUT2D eigenvalue weighted by atomic mass is 35.5. The molecule has 108 valence electrons. The van der Waals surface area contributed by atoms with E-state index >= 15 is 0 Å². The van der Waals surface area contributed by atoms with E-state index in [1.54, 1.807) is 36.4 Å². The van der Waals surface area contributed by atoms with Crippen LogP contribution in [0.5, 0.6) is 0 Å². The van der Waals surface area contributed by atoms with Gasteiger partial charge in [0.2, 0.25) is 0 Å². The summed E-state index contributed by atoms with van der Waals surface area (Å²) in [6.07, 6.45) is 0. The number of nitrogens with zero attached hydrogens (tertiary/aromatic N) is 1. The normalized spacial score (nSPS) is 11.3. The summed E-state index contributed by atoms with van der Waals surface area (Å²) in [5.41, 5.74) is 8.80. The molecule has 0 bridgehead atoms. The van der Waals surface area contributed by atoms with Gasteiger partial charge < -0.3 is 10.6 Å². The largest absolute Gasteiger partial charge is 0.380 e. The predicted molar refractivity (Wildman–Crippen MR) is 83.5 cm³/mol.